The van der Waals surface area contributed by atoms with Crippen LogP contribution in [0.5, 0.6) is 0 Å². The number of hydrogen-bond donors (Lipinski definition) is 2. The molecule has 1 unspecified atom stereocenters. The van der Waals surface area contributed by atoms with Crippen molar-refractivity contribution in [2.45, 2.75) is 32.2 Å². The van der Waals surface area contributed by atoms with E-state index in [1.807, 2.05) is 25.9 Å². The third-order valence-corrected chi connectivity index (χ3v) is 4.81. The van der Waals surface area contributed by atoms with Crippen molar-refractivity contribution in [1.82, 2.24) is 14.9 Å². The number of nitrogens with zero attached hydrogens (tertiary/aromatic N) is 1. The Kier molecular flexibility index (Phi) is 6.55. The predicted octanol–water partition coefficient (Wildman–Crippen LogP) is 0.246. The van der Waals surface area contributed by atoms with E-state index < -0.39 is 10.0 Å². The van der Waals surface area contributed by atoms with Crippen LogP contribution >= 0.6 is 0 Å². The van der Waals surface area contributed by atoms with Crippen molar-refractivity contribution >= 4 is 10.0 Å². The molecule has 108 valence electrons. The van der Waals surface area contributed by atoms with Crippen LogP contribution < -0.4 is 10.0 Å². The molecule has 0 bridgehead atoms. The van der Waals surface area contributed by atoms with Crippen molar-refractivity contribution in [3.8, 4) is 0 Å². The highest BCUT2D eigenvalue weighted by Crippen LogP contribution is 2.16. The van der Waals surface area contributed by atoms with Gasteiger partial charge >= 0.3 is 0 Å². The van der Waals surface area contributed by atoms with Gasteiger partial charge in [-0.25, -0.2) is 13.1 Å². The third kappa shape index (κ3) is 6.68. The van der Waals surface area contributed by atoms with Crippen LogP contribution in [0.15, 0.2) is 0 Å². The first-order valence-corrected chi connectivity index (χ1v) is 8.40. The molecule has 0 aliphatic carbocycles. The van der Waals surface area contributed by atoms with Gasteiger partial charge in [0.15, 0.2) is 0 Å². The molecule has 0 amide bonds. The molecule has 18 heavy (non-hydrogen) atoms. The number of nitrogens with one attached hydrogen (secondary N) is 2. The largest absolute Gasteiger partial charge is 0.317 e. The zero-order valence-corrected chi connectivity index (χ0v) is 12.6. The number of rotatable bonds is 7. The number of likely N-dealkylation sites (N-methyl/N-ethyl adjacent to an activating group) is 1. The normalized spacial score (nSPS) is 20.2. The zero-order valence-electron chi connectivity index (χ0n) is 11.8. The predicted molar refractivity (Wildman–Crippen MR) is 75.1 cm³/mol. The van der Waals surface area contributed by atoms with E-state index in [4.69, 9.17) is 0 Å². The molecule has 0 aromatic rings. The lowest BCUT2D eigenvalue weighted by molar-refractivity contribution is 0.360. The summed E-state index contributed by atoms with van der Waals surface area (Å²) in [7, 11) is 0.766. The molecule has 1 heterocycles. The molecular weight excluding hydrogens is 250 g/mol. The smallest absolute Gasteiger partial charge is 0.211 e. The summed E-state index contributed by atoms with van der Waals surface area (Å²) in [6.07, 6.45) is 2.98. The van der Waals surface area contributed by atoms with Gasteiger partial charge in [0.05, 0.1) is 5.75 Å². The van der Waals surface area contributed by atoms with Gasteiger partial charge in [-0.05, 0) is 59.3 Å². The van der Waals surface area contributed by atoms with E-state index >= 15 is 0 Å². The van der Waals surface area contributed by atoms with Crippen molar-refractivity contribution < 1.29 is 8.42 Å². The Morgan fingerprint density at radius 2 is 1.94 bits per heavy atom. The maximum Gasteiger partial charge on any atom is 0.211 e. The quantitative estimate of drug-likeness (QED) is 0.700. The molecule has 1 aliphatic heterocycles. The summed E-state index contributed by atoms with van der Waals surface area (Å²) in [5.41, 5.74) is 0. The second-order valence-corrected chi connectivity index (χ2v) is 7.46. The average molecular weight is 277 g/mol. The van der Waals surface area contributed by atoms with Crippen LogP contribution in [-0.4, -0.2) is 58.8 Å². The van der Waals surface area contributed by atoms with Crippen LogP contribution in [-0.2, 0) is 10.0 Å². The molecule has 0 radical (unpaired) electrons. The molecule has 1 aliphatic rings. The molecule has 0 aromatic carbocycles. The molecule has 1 atom stereocenters. The minimum atomic E-state index is -3.12. The van der Waals surface area contributed by atoms with E-state index in [0.717, 1.165) is 38.9 Å². The second kappa shape index (κ2) is 7.43. The van der Waals surface area contributed by atoms with E-state index in [9.17, 15) is 8.42 Å². The van der Waals surface area contributed by atoms with E-state index in [0.29, 0.717) is 5.92 Å². The Morgan fingerprint density at radius 3 is 2.50 bits per heavy atom. The number of piperidine rings is 1. The van der Waals surface area contributed by atoms with E-state index in [-0.39, 0.29) is 11.8 Å². The van der Waals surface area contributed by atoms with Gasteiger partial charge < -0.3 is 10.2 Å². The highest BCUT2D eigenvalue weighted by molar-refractivity contribution is 7.89. The van der Waals surface area contributed by atoms with Crippen LogP contribution in [0, 0.1) is 5.92 Å². The van der Waals surface area contributed by atoms with E-state index in [2.05, 4.69) is 10.0 Å². The van der Waals surface area contributed by atoms with Crippen molar-refractivity contribution in [2.75, 3.05) is 39.5 Å². The summed E-state index contributed by atoms with van der Waals surface area (Å²) in [5, 5.41) is 3.30. The lowest BCUT2D eigenvalue weighted by Crippen LogP contribution is -2.41. The van der Waals surface area contributed by atoms with Crippen molar-refractivity contribution in [1.29, 1.82) is 0 Å². The lowest BCUT2D eigenvalue weighted by atomic mass is 9.96. The van der Waals surface area contributed by atoms with Gasteiger partial charge in [-0.2, -0.15) is 0 Å². The Balaban J connectivity index is 2.30. The van der Waals surface area contributed by atoms with Crippen LogP contribution in [0.25, 0.3) is 0 Å². The standard InChI is InChI=1S/C12H27N3O2S/c1-11(10-15(2)3)14-18(16,17)9-6-12-4-7-13-8-5-12/h11-14H,4-10H2,1-3H3. The zero-order chi connectivity index (χ0) is 13.6. The SMILES string of the molecule is CC(CN(C)C)NS(=O)(=O)CCC1CCNCC1. The van der Waals surface area contributed by atoms with E-state index in [1.165, 1.54) is 0 Å². The van der Waals surface area contributed by atoms with Crippen molar-refractivity contribution in [2.24, 2.45) is 5.92 Å². The third-order valence-electron chi connectivity index (χ3n) is 3.27. The maximum absolute atomic E-state index is 11.9. The Bertz CT molecular complexity index is 324. The van der Waals surface area contributed by atoms with Gasteiger partial charge in [-0.15, -0.1) is 0 Å². The molecule has 2 N–H and O–H groups in total. The first kappa shape index (κ1) is 15.9. The maximum atomic E-state index is 11.9. The summed E-state index contributed by atoms with van der Waals surface area (Å²) in [6.45, 7) is 4.68. The van der Waals surface area contributed by atoms with Gasteiger partial charge in [0.2, 0.25) is 10.0 Å². The van der Waals surface area contributed by atoms with Crippen molar-refractivity contribution in [3.05, 3.63) is 0 Å². The molecule has 1 rings (SSSR count). The van der Waals surface area contributed by atoms with Crippen LogP contribution in [0.3, 0.4) is 0 Å². The fourth-order valence-electron chi connectivity index (χ4n) is 2.44. The topological polar surface area (TPSA) is 61.4 Å². The molecule has 0 spiro atoms. The fraction of sp³-hybridized carbons (Fsp3) is 1.00. The average Bonchev–Trinajstić information content (AvgIpc) is 2.26. The second-order valence-electron chi connectivity index (χ2n) is 5.58. The van der Waals surface area contributed by atoms with Gasteiger partial charge in [0.1, 0.15) is 0 Å². The minimum Gasteiger partial charge on any atom is -0.317 e. The van der Waals surface area contributed by atoms with Crippen LogP contribution in [0.2, 0.25) is 0 Å². The lowest BCUT2D eigenvalue weighted by Gasteiger charge is -2.23. The first-order chi connectivity index (χ1) is 8.39. The highest BCUT2D eigenvalue weighted by Gasteiger charge is 2.19. The Morgan fingerprint density at radius 1 is 1.33 bits per heavy atom. The summed E-state index contributed by atoms with van der Waals surface area (Å²) < 4.78 is 26.6. The van der Waals surface area contributed by atoms with Gasteiger partial charge in [0, 0.05) is 12.6 Å². The van der Waals surface area contributed by atoms with Crippen LogP contribution in [0.1, 0.15) is 26.2 Å². The van der Waals surface area contributed by atoms with Gasteiger partial charge in [0.25, 0.3) is 0 Å². The molecule has 0 saturated carbocycles. The Labute approximate surface area is 111 Å². The van der Waals surface area contributed by atoms with Crippen LogP contribution in [0.4, 0.5) is 0 Å². The van der Waals surface area contributed by atoms with E-state index in [1.54, 1.807) is 0 Å². The minimum absolute atomic E-state index is 0.0296. The highest BCUT2D eigenvalue weighted by atomic mass is 32.2. The molecular formula is C12H27N3O2S. The molecule has 6 heteroatoms. The summed E-state index contributed by atoms with van der Waals surface area (Å²) >= 11 is 0. The number of sulfonamides is 1. The number of hydrogen-bond acceptors (Lipinski definition) is 4. The molecule has 5 nitrogen and oxygen atoms in total. The molecule has 0 aromatic heterocycles. The van der Waals surface area contributed by atoms with Crippen molar-refractivity contribution in [3.63, 3.8) is 0 Å². The summed E-state index contributed by atoms with van der Waals surface area (Å²) in [6, 6.07) is -0.0296. The summed E-state index contributed by atoms with van der Waals surface area (Å²) in [5.74, 6) is 0.821. The monoisotopic (exact) mass is 277 g/mol. The summed E-state index contributed by atoms with van der Waals surface area (Å²) in [4.78, 5) is 1.99. The van der Waals surface area contributed by atoms with Gasteiger partial charge in [-0.3, -0.25) is 0 Å². The van der Waals surface area contributed by atoms with Gasteiger partial charge in [-0.1, -0.05) is 0 Å². The molecule has 1 saturated heterocycles. The first-order valence-electron chi connectivity index (χ1n) is 6.74. The Hall–Kier alpha value is -0.170. The fourth-order valence-corrected chi connectivity index (χ4v) is 3.89. The molecule has 1 fully saturated rings.